The fourth-order valence-electron chi connectivity index (χ4n) is 4.05. The predicted octanol–water partition coefficient (Wildman–Crippen LogP) is 1.65. The van der Waals surface area contributed by atoms with Gasteiger partial charge >= 0.3 is 0 Å². The van der Waals surface area contributed by atoms with Gasteiger partial charge in [0, 0.05) is 65.1 Å². The van der Waals surface area contributed by atoms with E-state index in [4.69, 9.17) is 0 Å². The number of likely N-dealkylation sites (N-methyl/N-ethyl adjacent to an activating group) is 1. The molecule has 4 rings (SSSR count). The second kappa shape index (κ2) is 9.01. The molecule has 8 heteroatoms. The van der Waals surface area contributed by atoms with Gasteiger partial charge in [0.25, 0.3) is 0 Å². The first-order valence-electron chi connectivity index (χ1n) is 10.6. The summed E-state index contributed by atoms with van der Waals surface area (Å²) < 4.78 is 27.3. The molecule has 0 unspecified atom stereocenters. The summed E-state index contributed by atoms with van der Waals surface area (Å²) in [5.74, 6) is 0.850. The van der Waals surface area contributed by atoms with Crippen molar-refractivity contribution in [2.24, 2.45) is 0 Å². The fraction of sp³-hybridized carbons (Fsp3) is 0.500. The zero-order chi connectivity index (χ0) is 21.1. The molecule has 0 spiro atoms. The summed E-state index contributed by atoms with van der Waals surface area (Å²) in [7, 11) is -1.45. The Morgan fingerprint density at radius 1 is 0.900 bits per heavy atom. The highest BCUT2D eigenvalue weighted by molar-refractivity contribution is 7.89. The molecule has 30 heavy (non-hydrogen) atoms. The smallest absolute Gasteiger partial charge is 0.244 e. The van der Waals surface area contributed by atoms with Crippen molar-refractivity contribution in [1.29, 1.82) is 0 Å². The minimum Gasteiger partial charge on any atom is -0.354 e. The van der Waals surface area contributed by atoms with Gasteiger partial charge in [-0.3, -0.25) is 4.90 Å². The van der Waals surface area contributed by atoms with E-state index in [0.29, 0.717) is 13.1 Å². The molecule has 162 valence electrons. The molecule has 1 aromatic heterocycles. The maximum absolute atomic E-state index is 12.9. The molecular weight excluding hydrogens is 398 g/mol. The summed E-state index contributed by atoms with van der Waals surface area (Å²) in [6, 6.07) is 12.1. The van der Waals surface area contributed by atoms with Gasteiger partial charge in [-0.25, -0.2) is 13.4 Å². The molecule has 0 atom stereocenters. The Hall–Kier alpha value is -2.00. The van der Waals surface area contributed by atoms with Crippen molar-refractivity contribution >= 4 is 15.8 Å². The van der Waals surface area contributed by atoms with Crippen molar-refractivity contribution in [2.45, 2.75) is 18.4 Å². The normalized spacial score (nSPS) is 19.9. The lowest BCUT2D eigenvalue weighted by Gasteiger charge is -2.35. The third-order valence-corrected chi connectivity index (χ3v) is 8.05. The standard InChI is InChI=1S/C22H31N5O2S/c1-19-5-3-4-6-20(19)18-25-11-13-26(14-12-25)22-8-7-21(17-23-22)30(28,29)27-15-9-24(2)10-16-27/h3-8,17H,9-16,18H2,1-2H3. The number of rotatable bonds is 5. The molecule has 2 saturated heterocycles. The van der Waals surface area contributed by atoms with E-state index in [1.54, 1.807) is 10.4 Å². The highest BCUT2D eigenvalue weighted by atomic mass is 32.2. The van der Waals surface area contributed by atoms with Crippen molar-refractivity contribution in [2.75, 3.05) is 64.3 Å². The fourth-order valence-corrected chi connectivity index (χ4v) is 5.42. The number of pyridine rings is 1. The van der Waals surface area contributed by atoms with Gasteiger partial charge in [0.2, 0.25) is 10.0 Å². The lowest BCUT2D eigenvalue weighted by atomic mass is 10.1. The number of benzene rings is 1. The maximum Gasteiger partial charge on any atom is 0.244 e. The lowest BCUT2D eigenvalue weighted by Crippen LogP contribution is -2.47. The summed E-state index contributed by atoms with van der Waals surface area (Å²) in [5, 5.41) is 0. The first-order chi connectivity index (χ1) is 14.4. The van der Waals surface area contributed by atoms with Crippen LogP contribution in [0, 0.1) is 6.92 Å². The molecule has 0 N–H and O–H groups in total. The molecule has 1 aromatic carbocycles. The van der Waals surface area contributed by atoms with E-state index in [1.807, 2.05) is 13.1 Å². The van der Waals surface area contributed by atoms with Crippen LogP contribution in [-0.2, 0) is 16.6 Å². The van der Waals surface area contributed by atoms with Gasteiger partial charge in [-0.15, -0.1) is 0 Å². The van der Waals surface area contributed by atoms with Gasteiger partial charge < -0.3 is 9.80 Å². The Morgan fingerprint density at radius 2 is 1.60 bits per heavy atom. The van der Waals surface area contributed by atoms with Crippen LogP contribution in [0.25, 0.3) is 0 Å². The molecule has 0 radical (unpaired) electrons. The van der Waals surface area contributed by atoms with Crippen LogP contribution >= 0.6 is 0 Å². The second-order valence-corrected chi connectivity index (χ2v) is 10.2. The first kappa shape index (κ1) is 21.2. The maximum atomic E-state index is 12.9. The van der Waals surface area contributed by atoms with Gasteiger partial charge in [0.1, 0.15) is 10.7 Å². The van der Waals surface area contributed by atoms with Crippen molar-refractivity contribution in [3.05, 3.63) is 53.7 Å². The van der Waals surface area contributed by atoms with Crippen molar-refractivity contribution in [3.63, 3.8) is 0 Å². The zero-order valence-corrected chi connectivity index (χ0v) is 18.7. The minimum absolute atomic E-state index is 0.286. The third-order valence-electron chi connectivity index (χ3n) is 6.17. The molecule has 0 saturated carbocycles. The van der Waals surface area contributed by atoms with Crippen LogP contribution in [0.15, 0.2) is 47.5 Å². The average molecular weight is 430 g/mol. The van der Waals surface area contributed by atoms with Crippen LogP contribution in [0.3, 0.4) is 0 Å². The first-order valence-corrected chi connectivity index (χ1v) is 12.0. The molecule has 3 heterocycles. The summed E-state index contributed by atoms with van der Waals surface area (Å²) in [6.07, 6.45) is 1.52. The Labute approximate surface area is 180 Å². The summed E-state index contributed by atoms with van der Waals surface area (Å²) in [5.41, 5.74) is 2.71. The molecule has 2 fully saturated rings. The Bertz CT molecular complexity index is 948. The number of hydrogen-bond acceptors (Lipinski definition) is 6. The molecule has 0 amide bonds. The molecule has 2 aromatic rings. The lowest BCUT2D eigenvalue weighted by molar-refractivity contribution is 0.222. The SMILES string of the molecule is Cc1ccccc1CN1CCN(c2ccc(S(=O)(=O)N3CCN(C)CC3)cn2)CC1. The van der Waals surface area contributed by atoms with E-state index in [1.165, 1.54) is 17.3 Å². The number of anilines is 1. The highest BCUT2D eigenvalue weighted by Crippen LogP contribution is 2.21. The van der Waals surface area contributed by atoms with Crippen LogP contribution < -0.4 is 4.90 Å². The van der Waals surface area contributed by atoms with Crippen molar-refractivity contribution in [1.82, 2.24) is 19.1 Å². The van der Waals surface area contributed by atoms with Crippen LogP contribution in [-0.4, -0.2) is 86.9 Å². The van der Waals surface area contributed by atoms with E-state index in [-0.39, 0.29) is 4.90 Å². The van der Waals surface area contributed by atoms with Gasteiger partial charge in [-0.1, -0.05) is 24.3 Å². The predicted molar refractivity (Wildman–Crippen MR) is 119 cm³/mol. The molecule has 0 bridgehead atoms. The van der Waals surface area contributed by atoms with Crippen LogP contribution in [0.5, 0.6) is 0 Å². The van der Waals surface area contributed by atoms with Gasteiger partial charge in [0.05, 0.1) is 0 Å². The zero-order valence-electron chi connectivity index (χ0n) is 17.9. The Balaban J connectivity index is 1.35. The van der Waals surface area contributed by atoms with Crippen molar-refractivity contribution < 1.29 is 8.42 Å². The number of sulfonamides is 1. The molecule has 0 aliphatic carbocycles. The molecule has 2 aliphatic heterocycles. The van der Waals surface area contributed by atoms with Crippen LogP contribution in [0.2, 0.25) is 0 Å². The van der Waals surface area contributed by atoms with E-state index in [9.17, 15) is 8.42 Å². The number of piperazine rings is 2. The summed E-state index contributed by atoms with van der Waals surface area (Å²) >= 11 is 0. The van der Waals surface area contributed by atoms with E-state index >= 15 is 0 Å². The topological polar surface area (TPSA) is 60.0 Å². The van der Waals surface area contributed by atoms with E-state index in [2.05, 4.69) is 50.9 Å². The summed E-state index contributed by atoms with van der Waals surface area (Å²) in [6.45, 7) is 9.44. The number of nitrogens with zero attached hydrogens (tertiary/aromatic N) is 5. The average Bonchev–Trinajstić information content (AvgIpc) is 2.76. The Kier molecular flexibility index (Phi) is 6.38. The molecule has 7 nitrogen and oxygen atoms in total. The van der Waals surface area contributed by atoms with E-state index < -0.39 is 10.0 Å². The second-order valence-electron chi connectivity index (χ2n) is 8.25. The highest BCUT2D eigenvalue weighted by Gasteiger charge is 2.28. The van der Waals surface area contributed by atoms with Crippen LogP contribution in [0.1, 0.15) is 11.1 Å². The largest absolute Gasteiger partial charge is 0.354 e. The summed E-state index contributed by atoms with van der Waals surface area (Å²) in [4.78, 5) is 11.6. The quantitative estimate of drug-likeness (QED) is 0.720. The minimum atomic E-state index is -3.46. The third kappa shape index (κ3) is 4.67. The van der Waals surface area contributed by atoms with Crippen LogP contribution in [0.4, 0.5) is 5.82 Å². The van der Waals surface area contributed by atoms with Gasteiger partial charge in [-0.2, -0.15) is 4.31 Å². The van der Waals surface area contributed by atoms with Gasteiger partial charge in [-0.05, 0) is 37.2 Å². The van der Waals surface area contributed by atoms with Gasteiger partial charge in [0.15, 0.2) is 0 Å². The van der Waals surface area contributed by atoms with Crippen molar-refractivity contribution in [3.8, 4) is 0 Å². The Morgan fingerprint density at radius 3 is 2.23 bits per heavy atom. The monoisotopic (exact) mass is 429 g/mol. The van der Waals surface area contributed by atoms with E-state index in [0.717, 1.165) is 51.6 Å². The number of aryl methyl sites for hydroxylation is 1. The number of hydrogen-bond donors (Lipinski definition) is 0. The molecule has 2 aliphatic rings. The number of aromatic nitrogens is 1. The molecular formula is C22H31N5O2S.